The summed E-state index contributed by atoms with van der Waals surface area (Å²) in [6.45, 7) is 13.4. The number of carbonyl (C=O) groups is 2. The lowest BCUT2D eigenvalue weighted by Gasteiger charge is -2.29. The Morgan fingerprint density at radius 3 is 1.98 bits per heavy atom. The van der Waals surface area contributed by atoms with Gasteiger partial charge in [-0.15, -0.1) is 11.3 Å². The van der Waals surface area contributed by atoms with E-state index in [4.69, 9.17) is 13.9 Å². The third-order valence-electron chi connectivity index (χ3n) is 8.16. The second-order valence-electron chi connectivity index (χ2n) is 14.2. The van der Waals surface area contributed by atoms with Gasteiger partial charge >= 0.3 is 11.9 Å². The number of benzene rings is 3. The molecule has 2 atom stereocenters. The van der Waals surface area contributed by atoms with Gasteiger partial charge in [0.2, 0.25) is 0 Å². The Bertz CT molecular complexity index is 1810. The number of para-hydroxylation sites is 1. The van der Waals surface area contributed by atoms with Crippen molar-refractivity contribution in [3.05, 3.63) is 105 Å². The molecule has 0 bridgehead atoms. The number of fused-ring (bicyclic) bond motifs is 3. The van der Waals surface area contributed by atoms with Gasteiger partial charge in [-0.2, -0.15) is 0 Å². The summed E-state index contributed by atoms with van der Waals surface area (Å²) in [6, 6.07) is 26.0. The van der Waals surface area contributed by atoms with E-state index in [0.29, 0.717) is 0 Å². The second-order valence-corrected chi connectivity index (χ2v) is 15.4. The number of hydrogen-bond acceptors (Lipinski definition) is 6. The molecule has 2 aromatic heterocycles. The molecule has 5 aromatic rings. The maximum atomic E-state index is 13.5. The smallest absolute Gasteiger partial charge is 0.312 e. The number of thiophene rings is 1. The Kier molecular flexibility index (Phi) is 10.1. The molecule has 0 spiro atoms. The summed E-state index contributed by atoms with van der Waals surface area (Å²) in [5, 5.41) is 1.94. The third-order valence-corrected chi connectivity index (χ3v) is 9.34. The van der Waals surface area contributed by atoms with Gasteiger partial charge in [-0.05, 0) is 90.3 Å². The Labute approximate surface area is 276 Å². The SMILES string of the molecule is CCCCCCc1ccc(C(OC(=O)C(C)(C)C)c2ccccc2C(OC(=O)C(C)(C)C)c2ccc3oc4ccccc4c3c2)s1. The second kappa shape index (κ2) is 13.8. The first-order valence-corrected chi connectivity index (χ1v) is 17.2. The molecule has 0 aliphatic heterocycles. The first-order chi connectivity index (χ1) is 21.9. The molecule has 0 fully saturated rings. The molecule has 0 saturated heterocycles. The number of ether oxygens (including phenoxy) is 2. The lowest BCUT2D eigenvalue weighted by molar-refractivity contribution is -0.158. The summed E-state index contributed by atoms with van der Waals surface area (Å²) < 4.78 is 18.9. The van der Waals surface area contributed by atoms with Crippen molar-refractivity contribution in [1.82, 2.24) is 0 Å². The summed E-state index contributed by atoms with van der Waals surface area (Å²) in [4.78, 5) is 29.2. The zero-order valence-electron chi connectivity index (χ0n) is 28.1. The van der Waals surface area contributed by atoms with E-state index < -0.39 is 23.0 Å². The van der Waals surface area contributed by atoms with E-state index in [0.717, 1.165) is 56.3 Å². The zero-order valence-corrected chi connectivity index (χ0v) is 29.0. The fraction of sp³-hybridized carbons (Fsp3) is 0.400. The lowest BCUT2D eigenvalue weighted by atomic mass is 9.91. The highest BCUT2D eigenvalue weighted by atomic mass is 32.1. The molecule has 5 rings (SSSR count). The number of furan rings is 1. The van der Waals surface area contributed by atoms with Crippen molar-refractivity contribution in [3.8, 4) is 0 Å². The van der Waals surface area contributed by atoms with Crippen LogP contribution in [-0.2, 0) is 25.5 Å². The van der Waals surface area contributed by atoms with Crippen LogP contribution >= 0.6 is 11.3 Å². The van der Waals surface area contributed by atoms with Crippen molar-refractivity contribution in [2.24, 2.45) is 10.8 Å². The molecule has 0 amide bonds. The zero-order chi connectivity index (χ0) is 33.1. The van der Waals surface area contributed by atoms with E-state index in [2.05, 4.69) is 19.1 Å². The van der Waals surface area contributed by atoms with Crippen molar-refractivity contribution in [3.63, 3.8) is 0 Å². The van der Waals surface area contributed by atoms with E-state index in [-0.39, 0.29) is 11.9 Å². The van der Waals surface area contributed by atoms with Gasteiger partial charge in [0.05, 0.1) is 10.8 Å². The van der Waals surface area contributed by atoms with Crippen molar-refractivity contribution in [2.75, 3.05) is 0 Å². The van der Waals surface area contributed by atoms with Crippen LogP contribution < -0.4 is 0 Å². The predicted molar refractivity (Wildman–Crippen MR) is 187 cm³/mol. The van der Waals surface area contributed by atoms with Crippen LogP contribution in [0.2, 0.25) is 0 Å². The number of hydrogen-bond donors (Lipinski definition) is 0. The normalized spacial score (nSPS) is 13.5. The number of esters is 2. The molecular weight excluding hydrogens is 593 g/mol. The number of unbranched alkanes of at least 4 members (excludes halogenated alkanes) is 3. The molecule has 5 nitrogen and oxygen atoms in total. The van der Waals surface area contributed by atoms with Crippen LogP contribution in [-0.4, -0.2) is 11.9 Å². The summed E-state index contributed by atoms with van der Waals surface area (Å²) in [5.41, 5.74) is 2.53. The fourth-order valence-electron chi connectivity index (χ4n) is 5.44. The summed E-state index contributed by atoms with van der Waals surface area (Å²) in [6.07, 6.45) is 4.35. The van der Waals surface area contributed by atoms with Crippen LogP contribution in [0.4, 0.5) is 0 Å². The largest absolute Gasteiger partial charge is 0.456 e. The average Bonchev–Trinajstić information content (AvgIpc) is 3.64. The van der Waals surface area contributed by atoms with Crippen molar-refractivity contribution >= 4 is 45.2 Å². The van der Waals surface area contributed by atoms with Gasteiger partial charge in [0.1, 0.15) is 11.2 Å². The fourth-order valence-corrected chi connectivity index (χ4v) is 6.55. The summed E-state index contributed by atoms with van der Waals surface area (Å²) in [5.74, 6) is -0.613. The molecule has 2 unspecified atom stereocenters. The maximum Gasteiger partial charge on any atom is 0.312 e. The molecule has 2 heterocycles. The maximum absolute atomic E-state index is 13.5. The lowest BCUT2D eigenvalue weighted by Crippen LogP contribution is -2.27. The Balaban J connectivity index is 1.63. The molecule has 0 aliphatic carbocycles. The Morgan fingerprint density at radius 1 is 0.696 bits per heavy atom. The molecule has 46 heavy (non-hydrogen) atoms. The van der Waals surface area contributed by atoms with Crippen molar-refractivity contribution in [1.29, 1.82) is 0 Å². The quantitative estimate of drug-likeness (QED) is 0.106. The Hall–Kier alpha value is -3.90. The monoisotopic (exact) mass is 638 g/mol. The van der Waals surface area contributed by atoms with Gasteiger partial charge in [-0.25, -0.2) is 0 Å². The van der Waals surface area contributed by atoms with Gasteiger partial charge in [0.25, 0.3) is 0 Å². The molecule has 0 saturated carbocycles. The van der Waals surface area contributed by atoms with Crippen LogP contribution in [0.15, 0.2) is 83.3 Å². The van der Waals surface area contributed by atoms with Crippen LogP contribution in [0, 0.1) is 10.8 Å². The summed E-state index contributed by atoms with van der Waals surface area (Å²) >= 11 is 1.69. The van der Waals surface area contributed by atoms with Crippen molar-refractivity contribution in [2.45, 2.75) is 92.8 Å². The first-order valence-electron chi connectivity index (χ1n) is 16.4. The number of carbonyl (C=O) groups excluding carboxylic acids is 2. The molecule has 0 radical (unpaired) electrons. The first kappa shape index (κ1) is 33.5. The number of aryl methyl sites for hydroxylation is 1. The van der Waals surface area contributed by atoms with Gasteiger partial charge in [-0.3, -0.25) is 9.59 Å². The van der Waals surface area contributed by atoms with Crippen LogP contribution in [0.25, 0.3) is 21.9 Å². The number of rotatable bonds is 11. The predicted octanol–water partition coefficient (Wildman–Crippen LogP) is 11.1. The van der Waals surface area contributed by atoms with E-state index in [9.17, 15) is 9.59 Å². The Morgan fingerprint density at radius 2 is 1.30 bits per heavy atom. The highest BCUT2D eigenvalue weighted by Gasteiger charge is 2.34. The van der Waals surface area contributed by atoms with Gasteiger partial charge in [-0.1, -0.05) is 74.7 Å². The van der Waals surface area contributed by atoms with Gasteiger partial charge in [0, 0.05) is 31.7 Å². The van der Waals surface area contributed by atoms with Crippen LogP contribution in [0.3, 0.4) is 0 Å². The third kappa shape index (κ3) is 7.55. The molecule has 6 heteroatoms. The molecule has 242 valence electrons. The van der Waals surface area contributed by atoms with Gasteiger partial charge < -0.3 is 13.9 Å². The average molecular weight is 639 g/mol. The van der Waals surface area contributed by atoms with E-state index >= 15 is 0 Å². The molecule has 0 aliphatic rings. The highest BCUT2D eigenvalue weighted by molar-refractivity contribution is 7.12. The minimum Gasteiger partial charge on any atom is -0.456 e. The topological polar surface area (TPSA) is 65.7 Å². The minimum absolute atomic E-state index is 0.292. The standard InChI is InChI=1S/C40H46O5S/c1-8-9-10-11-16-27-22-24-34(46-27)36(45-38(42)40(5,6)7)30-19-13-12-18-29(30)35(44-37(41)39(2,3)4)26-21-23-33-31(25-26)28-17-14-15-20-32(28)43-33/h12-15,17-25,35-36H,8-11,16H2,1-7H3. The van der Waals surface area contributed by atoms with Crippen LogP contribution in [0.1, 0.15) is 113 Å². The molecular formula is C40H46O5S. The molecule has 0 N–H and O–H groups in total. The van der Waals surface area contributed by atoms with Crippen molar-refractivity contribution < 1.29 is 23.5 Å². The minimum atomic E-state index is -0.745. The van der Waals surface area contributed by atoms with Crippen LogP contribution in [0.5, 0.6) is 0 Å². The van der Waals surface area contributed by atoms with E-state index in [1.807, 2.05) is 108 Å². The van der Waals surface area contributed by atoms with E-state index in [1.165, 1.54) is 24.1 Å². The highest BCUT2D eigenvalue weighted by Crippen LogP contribution is 2.41. The van der Waals surface area contributed by atoms with E-state index in [1.54, 1.807) is 11.3 Å². The molecule has 3 aromatic carbocycles. The summed E-state index contributed by atoms with van der Waals surface area (Å²) in [7, 11) is 0. The van der Waals surface area contributed by atoms with Gasteiger partial charge in [0.15, 0.2) is 12.2 Å².